The van der Waals surface area contributed by atoms with Gasteiger partial charge in [-0.15, -0.1) is 0 Å². The monoisotopic (exact) mass is 396 g/mol. The normalized spacial score (nSPS) is 15.5. The van der Waals surface area contributed by atoms with Gasteiger partial charge in [0.1, 0.15) is 17.7 Å². The Hall–Kier alpha value is -3.49. The maximum atomic E-state index is 13.9. The van der Waals surface area contributed by atoms with Crippen LogP contribution in [0.3, 0.4) is 0 Å². The molecule has 0 aliphatic carbocycles. The van der Waals surface area contributed by atoms with Gasteiger partial charge in [-0.3, -0.25) is 4.98 Å². The lowest BCUT2D eigenvalue weighted by Crippen LogP contribution is -2.33. The highest BCUT2D eigenvalue weighted by atomic mass is 19.1. The largest absolute Gasteiger partial charge is 0.493 e. The van der Waals surface area contributed by atoms with Crippen molar-refractivity contribution in [1.29, 1.82) is 0 Å². The van der Waals surface area contributed by atoms with Crippen LogP contribution in [0.2, 0.25) is 0 Å². The number of nitrogens with zero attached hydrogens (tertiary/aromatic N) is 6. The molecule has 29 heavy (non-hydrogen) atoms. The number of aromatic nitrogens is 4. The molecule has 1 N–H and O–H groups in total. The second-order valence-electron chi connectivity index (χ2n) is 6.77. The van der Waals surface area contributed by atoms with E-state index in [1.54, 1.807) is 18.5 Å². The second-order valence-corrected chi connectivity index (χ2v) is 6.77. The minimum absolute atomic E-state index is 0.0460. The summed E-state index contributed by atoms with van der Waals surface area (Å²) in [5.41, 5.74) is 3.17. The van der Waals surface area contributed by atoms with Crippen molar-refractivity contribution in [2.75, 3.05) is 23.5 Å². The summed E-state index contributed by atoms with van der Waals surface area (Å²) in [7, 11) is 1.92. The summed E-state index contributed by atoms with van der Waals surface area (Å²) in [6.07, 6.45) is 4.08. The Morgan fingerprint density at radius 2 is 2.03 bits per heavy atom. The number of hydrogen-bond donors (Lipinski definition) is 1. The maximum absolute atomic E-state index is 13.9. The molecule has 0 spiro atoms. The molecule has 1 unspecified atom stereocenters. The van der Waals surface area contributed by atoms with Gasteiger partial charge in [0, 0.05) is 37.6 Å². The zero-order chi connectivity index (χ0) is 20.5. The molecule has 0 bridgehead atoms. The van der Waals surface area contributed by atoms with Crippen LogP contribution in [0.1, 0.15) is 29.9 Å². The summed E-state index contributed by atoms with van der Waals surface area (Å²) < 4.78 is 19.5. The zero-order valence-corrected chi connectivity index (χ0v) is 16.4. The Labute approximate surface area is 167 Å². The number of pyridine rings is 2. The smallest absolute Gasteiger partial charge is 0.318 e. The Balaban J connectivity index is 1.83. The van der Waals surface area contributed by atoms with Crippen LogP contribution >= 0.6 is 0 Å². The highest BCUT2D eigenvalue weighted by molar-refractivity contribution is 5.76. The highest BCUT2D eigenvalue weighted by Crippen LogP contribution is 2.46. The van der Waals surface area contributed by atoms with Crippen LogP contribution in [0.4, 0.5) is 15.9 Å². The number of hydrogen-bond acceptors (Lipinski definition) is 8. The first-order valence-corrected chi connectivity index (χ1v) is 9.23. The summed E-state index contributed by atoms with van der Waals surface area (Å²) in [6.45, 7) is 4.66. The van der Waals surface area contributed by atoms with Gasteiger partial charge in [-0.1, -0.05) is 6.07 Å². The molecule has 0 fully saturated rings. The van der Waals surface area contributed by atoms with Crippen molar-refractivity contribution in [2.24, 2.45) is 0 Å². The third kappa shape index (κ3) is 3.51. The van der Waals surface area contributed by atoms with E-state index in [2.05, 4.69) is 19.9 Å². The first-order valence-electron chi connectivity index (χ1n) is 9.23. The van der Waals surface area contributed by atoms with Gasteiger partial charge in [0.2, 0.25) is 5.88 Å². The second kappa shape index (κ2) is 7.50. The van der Waals surface area contributed by atoms with E-state index in [0.29, 0.717) is 30.5 Å². The molecule has 0 amide bonds. The van der Waals surface area contributed by atoms with Crippen LogP contribution in [0.15, 0.2) is 36.8 Å². The predicted octanol–water partition coefficient (Wildman–Crippen LogP) is 2.97. The van der Waals surface area contributed by atoms with E-state index >= 15 is 0 Å². The lowest BCUT2D eigenvalue weighted by molar-refractivity contribution is 0.312. The summed E-state index contributed by atoms with van der Waals surface area (Å²) in [5.74, 6) is 0.233. The van der Waals surface area contributed by atoms with Crippen molar-refractivity contribution in [1.82, 2.24) is 19.9 Å². The van der Waals surface area contributed by atoms with Crippen LogP contribution in [-0.2, 0) is 6.54 Å². The maximum Gasteiger partial charge on any atom is 0.318 e. The molecular weight excluding hydrogens is 375 g/mol. The third-order valence-electron chi connectivity index (χ3n) is 4.77. The number of anilines is 2. The van der Waals surface area contributed by atoms with E-state index in [1.807, 2.05) is 30.7 Å². The topological polar surface area (TPSA) is 87.5 Å². The molecule has 1 aliphatic rings. The van der Waals surface area contributed by atoms with E-state index in [4.69, 9.17) is 4.74 Å². The zero-order valence-electron chi connectivity index (χ0n) is 16.4. The fourth-order valence-corrected chi connectivity index (χ4v) is 3.62. The molecular formula is C20H21FN6O2. The Kier molecular flexibility index (Phi) is 4.87. The quantitative estimate of drug-likeness (QED) is 0.704. The molecule has 0 aromatic carbocycles. The van der Waals surface area contributed by atoms with E-state index in [1.165, 1.54) is 18.3 Å². The fraction of sp³-hybridized carbons (Fsp3) is 0.300. The number of fused-ring (bicyclic) bond motifs is 1. The minimum Gasteiger partial charge on any atom is -0.493 e. The van der Waals surface area contributed by atoms with Gasteiger partial charge in [0.05, 0.1) is 18.5 Å². The Bertz CT molecular complexity index is 1030. The number of rotatable bonds is 5. The minimum atomic E-state index is -0.407. The molecule has 8 nitrogen and oxygen atoms in total. The lowest BCUT2D eigenvalue weighted by Gasteiger charge is -2.30. The molecule has 1 atom stereocenters. The van der Waals surface area contributed by atoms with E-state index in [0.717, 1.165) is 16.9 Å². The van der Waals surface area contributed by atoms with Gasteiger partial charge >= 0.3 is 6.01 Å². The predicted molar refractivity (Wildman–Crippen MR) is 105 cm³/mol. The first-order chi connectivity index (χ1) is 14.0. The lowest BCUT2D eigenvalue weighted by atomic mass is 10.2. The van der Waals surface area contributed by atoms with Crippen molar-refractivity contribution >= 4 is 11.5 Å². The third-order valence-corrected chi connectivity index (χ3v) is 4.77. The summed E-state index contributed by atoms with van der Waals surface area (Å²) >= 11 is 0. The molecule has 3 aromatic rings. The van der Waals surface area contributed by atoms with Gasteiger partial charge in [-0.25, -0.2) is 9.37 Å². The van der Waals surface area contributed by atoms with Crippen LogP contribution in [0.5, 0.6) is 11.9 Å². The van der Waals surface area contributed by atoms with Crippen molar-refractivity contribution in [3.63, 3.8) is 0 Å². The van der Waals surface area contributed by atoms with Crippen LogP contribution < -0.4 is 14.5 Å². The van der Waals surface area contributed by atoms with Gasteiger partial charge in [-0.2, -0.15) is 9.97 Å². The Morgan fingerprint density at radius 1 is 1.21 bits per heavy atom. The van der Waals surface area contributed by atoms with Crippen LogP contribution in [0.25, 0.3) is 0 Å². The molecule has 4 heterocycles. The molecule has 9 heteroatoms. The molecule has 0 saturated heterocycles. The number of aryl methyl sites for hydroxylation is 1. The molecule has 0 saturated carbocycles. The average Bonchev–Trinajstić information content (AvgIpc) is 2.96. The van der Waals surface area contributed by atoms with E-state index < -0.39 is 5.82 Å². The summed E-state index contributed by atoms with van der Waals surface area (Å²) in [6, 6.07) is 5.09. The van der Waals surface area contributed by atoms with E-state index in [-0.39, 0.29) is 12.0 Å². The van der Waals surface area contributed by atoms with E-state index in [9.17, 15) is 9.50 Å². The van der Waals surface area contributed by atoms with Gasteiger partial charge in [0.15, 0.2) is 5.82 Å². The van der Waals surface area contributed by atoms with Crippen LogP contribution in [-0.4, -0.2) is 38.7 Å². The molecule has 3 aromatic heterocycles. The van der Waals surface area contributed by atoms with Gasteiger partial charge in [-0.05, 0) is 25.5 Å². The highest BCUT2D eigenvalue weighted by Gasteiger charge is 2.38. The SMILES string of the molecule is CCOc1nc(C)c2c(n1)N(Cc1ccc(O)nc1)C(c1cncc(F)c1)N2C. The molecule has 4 rings (SSSR count). The number of ether oxygens (including phenoxy) is 1. The van der Waals surface area contributed by atoms with Gasteiger partial charge < -0.3 is 19.6 Å². The fourth-order valence-electron chi connectivity index (χ4n) is 3.62. The van der Waals surface area contributed by atoms with Crippen molar-refractivity contribution < 1.29 is 14.2 Å². The average molecular weight is 396 g/mol. The standard InChI is InChI=1S/C20H21FN6O2/c1-4-29-20-24-12(2)17-18(25-20)27(11-13-5-6-16(28)23-8-13)19(26(17)3)14-7-15(21)10-22-9-14/h5-10,19H,4,11H2,1-3H3,(H,23,28). The van der Waals surface area contributed by atoms with Crippen molar-refractivity contribution in [3.8, 4) is 11.9 Å². The van der Waals surface area contributed by atoms with Crippen molar-refractivity contribution in [3.05, 3.63) is 59.4 Å². The number of halogens is 1. The molecule has 1 aliphatic heterocycles. The van der Waals surface area contributed by atoms with Crippen molar-refractivity contribution in [2.45, 2.75) is 26.6 Å². The molecule has 0 radical (unpaired) electrons. The molecule has 150 valence electrons. The number of aromatic hydroxyl groups is 1. The Morgan fingerprint density at radius 3 is 2.72 bits per heavy atom. The summed E-state index contributed by atoms with van der Waals surface area (Å²) in [5, 5.41) is 9.49. The van der Waals surface area contributed by atoms with Gasteiger partial charge in [0.25, 0.3) is 0 Å². The van der Waals surface area contributed by atoms with Crippen LogP contribution in [0, 0.1) is 12.7 Å². The first kappa shape index (κ1) is 18.9. The summed E-state index contributed by atoms with van der Waals surface area (Å²) in [4.78, 5) is 21.1.